The fourth-order valence-corrected chi connectivity index (χ4v) is 4.59. The van der Waals surface area contributed by atoms with Crippen molar-refractivity contribution in [1.29, 1.82) is 0 Å². The van der Waals surface area contributed by atoms with E-state index < -0.39 is 76.0 Å². The summed E-state index contributed by atoms with van der Waals surface area (Å²) >= 11 is 0. The molecule has 4 rings (SSSR count). The van der Waals surface area contributed by atoms with Gasteiger partial charge in [-0.15, -0.1) is 26.3 Å². The van der Waals surface area contributed by atoms with Gasteiger partial charge in [-0.1, -0.05) is 54.6 Å². The van der Waals surface area contributed by atoms with Crippen molar-refractivity contribution in [3.8, 4) is 11.5 Å². The highest BCUT2D eigenvalue weighted by molar-refractivity contribution is 5.95. The van der Waals surface area contributed by atoms with Gasteiger partial charge >= 0.3 is 18.9 Å². The van der Waals surface area contributed by atoms with E-state index in [9.17, 15) is 53.8 Å². The highest BCUT2D eigenvalue weighted by atomic mass is 19.4. The lowest BCUT2D eigenvalue weighted by molar-refractivity contribution is -0.275. The van der Waals surface area contributed by atoms with E-state index in [2.05, 4.69) is 14.8 Å². The number of carbonyl (C=O) groups is 1. The van der Waals surface area contributed by atoms with Crippen LogP contribution in [0.1, 0.15) is 38.7 Å². The number of benzene rings is 4. The number of halogens is 10. The Morgan fingerprint density at radius 3 is 1.64 bits per heavy atom. The van der Waals surface area contributed by atoms with Crippen LogP contribution in [0.3, 0.4) is 0 Å². The Labute approximate surface area is 247 Å². The molecule has 238 valence electrons. The lowest BCUT2D eigenvalue weighted by Gasteiger charge is -2.40. The number of hydrogen-bond acceptors (Lipinski definition) is 4. The van der Waals surface area contributed by atoms with Crippen LogP contribution in [0.25, 0.3) is 0 Å². The third-order valence-corrected chi connectivity index (χ3v) is 6.42. The maximum Gasteiger partial charge on any atom is 0.573 e. The number of aliphatic hydroxyl groups excluding tert-OH is 1. The number of rotatable bonds is 8. The number of alkyl halides is 9. The first-order chi connectivity index (χ1) is 20.9. The monoisotopic (exact) mass is 647 g/mol. The van der Waals surface area contributed by atoms with Crippen LogP contribution in [0, 0.1) is 5.82 Å². The summed E-state index contributed by atoms with van der Waals surface area (Å²) in [7, 11) is 0. The second-order valence-corrected chi connectivity index (χ2v) is 9.42. The maximum atomic E-state index is 14.0. The molecule has 0 radical (unpaired) electrons. The van der Waals surface area contributed by atoms with E-state index in [1.807, 2.05) is 0 Å². The molecule has 1 amide bonds. The molecule has 0 saturated heterocycles. The number of carbonyl (C=O) groups excluding carboxylic acids is 1. The van der Waals surface area contributed by atoms with Gasteiger partial charge in [0, 0.05) is 5.56 Å². The number of hydrogen-bond donors (Lipinski definition) is 2. The molecule has 0 aliphatic carbocycles. The molecule has 45 heavy (non-hydrogen) atoms. The van der Waals surface area contributed by atoms with Crippen LogP contribution < -0.4 is 14.8 Å². The molecule has 0 bridgehead atoms. The van der Waals surface area contributed by atoms with Gasteiger partial charge in [0.1, 0.15) is 29.0 Å². The van der Waals surface area contributed by atoms with Crippen LogP contribution in [0.15, 0.2) is 97.1 Å². The second kappa shape index (κ2) is 12.3. The Balaban J connectivity index is 2.01. The summed E-state index contributed by atoms with van der Waals surface area (Å²) in [4.78, 5) is 13.6. The molecule has 0 spiro atoms. The number of nitrogens with one attached hydrogen (secondary N) is 1. The van der Waals surface area contributed by atoms with Gasteiger partial charge in [-0.05, 0) is 59.2 Å². The summed E-state index contributed by atoms with van der Waals surface area (Å²) in [6.07, 6.45) is -17.7. The zero-order valence-electron chi connectivity index (χ0n) is 22.3. The molecule has 15 heteroatoms. The van der Waals surface area contributed by atoms with E-state index in [0.29, 0.717) is 12.1 Å². The average Bonchev–Trinajstić information content (AvgIpc) is 2.94. The van der Waals surface area contributed by atoms with Crippen molar-refractivity contribution < 1.29 is 63.3 Å². The molecule has 0 saturated carbocycles. The van der Waals surface area contributed by atoms with Gasteiger partial charge in [0.15, 0.2) is 0 Å². The summed E-state index contributed by atoms with van der Waals surface area (Å²) in [6, 6.07) is 15.6. The lowest BCUT2D eigenvalue weighted by atomic mass is 9.75. The highest BCUT2D eigenvalue weighted by Crippen LogP contribution is 2.44. The maximum absolute atomic E-state index is 14.0. The number of aliphatic hydroxyl groups is 1. The van der Waals surface area contributed by atoms with Gasteiger partial charge in [-0.3, -0.25) is 4.79 Å². The Hall–Kier alpha value is -4.79. The van der Waals surface area contributed by atoms with Gasteiger partial charge < -0.3 is 19.9 Å². The topological polar surface area (TPSA) is 67.8 Å². The largest absolute Gasteiger partial charge is 0.573 e. The Kier molecular flexibility index (Phi) is 9.05. The molecule has 0 heterocycles. The van der Waals surface area contributed by atoms with Crippen LogP contribution in [-0.4, -0.2) is 23.7 Å². The molecule has 0 fully saturated rings. The van der Waals surface area contributed by atoms with Crippen LogP contribution in [0.5, 0.6) is 11.5 Å². The van der Waals surface area contributed by atoms with E-state index in [1.54, 1.807) is 0 Å². The summed E-state index contributed by atoms with van der Waals surface area (Å²) in [5.41, 5.74) is -6.02. The smallest absolute Gasteiger partial charge is 0.406 e. The van der Waals surface area contributed by atoms with Crippen molar-refractivity contribution in [2.45, 2.75) is 30.5 Å². The van der Waals surface area contributed by atoms with Crippen molar-refractivity contribution in [3.05, 3.63) is 131 Å². The van der Waals surface area contributed by atoms with Crippen LogP contribution in [0.4, 0.5) is 43.9 Å². The van der Waals surface area contributed by atoms with Crippen molar-refractivity contribution >= 4 is 5.91 Å². The van der Waals surface area contributed by atoms with Gasteiger partial charge in [-0.2, -0.15) is 13.2 Å². The molecule has 4 aromatic carbocycles. The molecule has 5 nitrogen and oxygen atoms in total. The van der Waals surface area contributed by atoms with Crippen LogP contribution in [-0.2, 0) is 11.7 Å². The summed E-state index contributed by atoms with van der Waals surface area (Å²) < 4.78 is 141. The third kappa shape index (κ3) is 7.84. The Morgan fingerprint density at radius 1 is 0.667 bits per heavy atom. The van der Waals surface area contributed by atoms with E-state index in [-0.39, 0.29) is 11.6 Å². The second-order valence-electron chi connectivity index (χ2n) is 9.42. The van der Waals surface area contributed by atoms with E-state index >= 15 is 0 Å². The van der Waals surface area contributed by atoms with Gasteiger partial charge in [0.2, 0.25) is 0 Å². The predicted molar refractivity (Wildman–Crippen MR) is 137 cm³/mol. The Bertz CT molecular complexity index is 1590. The number of amides is 1. The van der Waals surface area contributed by atoms with Crippen molar-refractivity contribution in [2.75, 3.05) is 0 Å². The Morgan fingerprint density at radius 2 is 1.18 bits per heavy atom. The molecule has 0 unspecified atom stereocenters. The fourth-order valence-electron chi connectivity index (χ4n) is 4.59. The van der Waals surface area contributed by atoms with Crippen LogP contribution in [0.2, 0.25) is 0 Å². The fraction of sp³-hybridized carbons (Fsp3) is 0.167. The molecule has 0 aromatic heterocycles. The minimum atomic E-state index is -5.24. The molecule has 0 aliphatic rings. The SMILES string of the molecule is O=C(NC(c1cccc(OC(F)(F)F)c1)(c1cccc(OC(F)(F)F)c1)[C@H](O)c1ccccc1)c1ccc(F)c(C(F)(F)F)c1. The standard InChI is InChI=1S/C30H19F10NO4/c31-24-13-12-18(14-23(24)28(32,33)34)26(43)41-27(25(42)17-6-2-1-3-7-17,19-8-4-10-21(15-19)44-29(35,36)37)20-9-5-11-22(16-20)45-30(38,39)40/h1-16,25,42H,(H,41,43)/t25-/m1/s1. The van der Waals surface area contributed by atoms with Crippen molar-refractivity contribution in [3.63, 3.8) is 0 Å². The van der Waals surface area contributed by atoms with E-state index in [1.165, 1.54) is 30.3 Å². The van der Waals surface area contributed by atoms with Gasteiger partial charge in [-0.25, -0.2) is 4.39 Å². The van der Waals surface area contributed by atoms with Crippen molar-refractivity contribution in [2.24, 2.45) is 0 Å². The quantitative estimate of drug-likeness (QED) is 0.190. The minimum absolute atomic E-state index is 0.0304. The molecule has 2 N–H and O–H groups in total. The molecular formula is C30H19F10NO4. The molecule has 0 aliphatic heterocycles. The first kappa shape index (κ1) is 33.1. The van der Waals surface area contributed by atoms with Crippen molar-refractivity contribution in [1.82, 2.24) is 5.32 Å². The average molecular weight is 647 g/mol. The van der Waals surface area contributed by atoms with Crippen LogP contribution >= 0.6 is 0 Å². The molecule has 1 atom stereocenters. The summed E-state index contributed by atoms with van der Waals surface area (Å²) in [5.74, 6) is -4.88. The first-order valence-electron chi connectivity index (χ1n) is 12.5. The predicted octanol–water partition coefficient (Wildman–Crippen LogP) is 8.05. The highest BCUT2D eigenvalue weighted by Gasteiger charge is 2.46. The van der Waals surface area contributed by atoms with E-state index in [0.717, 1.165) is 48.5 Å². The molecular weight excluding hydrogens is 628 g/mol. The third-order valence-electron chi connectivity index (χ3n) is 6.42. The normalized spacial score (nSPS) is 13.2. The summed E-state index contributed by atoms with van der Waals surface area (Å²) in [5, 5.41) is 14.1. The van der Waals surface area contributed by atoms with E-state index in [4.69, 9.17) is 0 Å². The minimum Gasteiger partial charge on any atom is -0.406 e. The zero-order valence-corrected chi connectivity index (χ0v) is 22.3. The first-order valence-corrected chi connectivity index (χ1v) is 12.5. The lowest BCUT2D eigenvalue weighted by Crippen LogP contribution is -2.51. The van der Waals surface area contributed by atoms with Gasteiger partial charge in [0.05, 0.1) is 5.56 Å². The number of ether oxygens (including phenoxy) is 2. The molecule has 4 aromatic rings. The zero-order chi connectivity index (χ0) is 33.2. The summed E-state index contributed by atoms with van der Waals surface area (Å²) in [6.45, 7) is 0. The van der Waals surface area contributed by atoms with Gasteiger partial charge in [0.25, 0.3) is 5.91 Å².